The van der Waals surface area contributed by atoms with Gasteiger partial charge in [0.1, 0.15) is 5.75 Å². The number of alkyl halides is 2. The number of aryl methyl sites for hydroxylation is 1. The average Bonchev–Trinajstić information content (AvgIpc) is 2.84. The molecule has 0 radical (unpaired) electrons. The molecule has 0 aliphatic heterocycles. The van der Waals surface area contributed by atoms with Gasteiger partial charge in [-0.2, -0.15) is 8.78 Å². The minimum atomic E-state index is -2.81. The van der Waals surface area contributed by atoms with E-state index < -0.39 is 6.61 Å². The molecule has 0 unspecified atom stereocenters. The number of hydrogen-bond acceptors (Lipinski definition) is 4. The molecule has 0 spiro atoms. The van der Waals surface area contributed by atoms with E-state index in [2.05, 4.69) is 9.72 Å². The largest absolute Gasteiger partial charge is 0.435 e. The van der Waals surface area contributed by atoms with Crippen molar-refractivity contribution >= 4 is 11.3 Å². The lowest BCUT2D eigenvalue weighted by molar-refractivity contribution is -0.0498. The molecule has 1 aromatic heterocycles. The van der Waals surface area contributed by atoms with Crippen LogP contribution in [0.2, 0.25) is 0 Å². The molecule has 0 atom stereocenters. The van der Waals surface area contributed by atoms with Gasteiger partial charge in [0.2, 0.25) is 0 Å². The van der Waals surface area contributed by atoms with Gasteiger partial charge in [-0.05, 0) is 25.1 Å². The van der Waals surface area contributed by atoms with Crippen molar-refractivity contribution in [1.82, 2.24) is 4.98 Å². The second-order valence-corrected chi connectivity index (χ2v) is 4.87. The molecule has 0 amide bonds. The topological polar surface area (TPSA) is 48.1 Å². The molecule has 2 aromatic rings. The minimum Gasteiger partial charge on any atom is -0.435 e. The number of nitrogens with zero attached hydrogens (tertiary/aromatic N) is 1. The van der Waals surface area contributed by atoms with Crippen molar-refractivity contribution in [2.75, 3.05) is 6.54 Å². The summed E-state index contributed by atoms with van der Waals surface area (Å²) in [6.45, 7) is -2.18. The number of hydrogen-bond donors (Lipinski definition) is 1. The highest BCUT2D eigenvalue weighted by molar-refractivity contribution is 7.09. The molecule has 0 saturated heterocycles. The SMILES string of the molecule is NCCCc1nc(-c2cccc(OC(F)F)c2)cs1. The van der Waals surface area contributed by atoms with E-state index >= 15 is 0 Å². The molecule has 19 heavy (non-hydrogen) atoms. The van der Waals surface area contributed by atoms with Crippen LogP contribution in [0.4, 0.5) is 8.78 Å². The third-order valence-corrected chi connectivity index (χ3v) is 3.41. The Labute approximate surface area is 114 Å². The smallest absolute Gasteiger partial charge is 0.387 e. The Hall–Kier alpha value is -1.53. The van der Waals surface area contributed by atoms with Crippen LogP contribution in [0.3, 0.4) is 0 Å². The molecule has 3 nitrogen and oxygen atoms in total. The first-order valence-electron chi connectivity index (χ1n) is 5.89. The first-order valence-corrected chi connectivity index (χ1v) is 6.76. The average molecular weight is 284 g/mol. The van der Waals surface area contributed by atoms with E-state index in [4.69, 9.17) is 5.73 Å². The van der Waals surface area contributed by atoms with Crippen LogP contribution in [0, 0.1) is 0 Å². The summed E-state index contributed by atoms with van der Waals surface area (Å²) in [6.07, 6.45) is 1.73. The Morgan fingerprint density at radius 3 is 2.95 bits per heavy atom. The van der Waals surface area contributed by atoms with Crippen LogP contribution in [0.1, 0.15) is 11.4 Å². The summed E-state index contributed by atoms with van der Waals surface area (Å²) in [5.41, 5.74) is 7.00. The normalized spacial score (nSPS) is 10.9. The fraction of sp³-hybridized carbons (Fsp3) is 0.308. The van der Waals surface area contributed by atoms with E-state index in [1.54, 1.807) is 23.5 Å². The van der Waals surface area contributed by atoms with Crippen LogP contribution in [0.15, 0.2) is 29.6 Å². The molecule has 6 heteroatoms. The Kier molecular flexibility index (Phi) is 4.81. The number of benzene rings is 1. The zero-order valence-corrected chi connectivity index (χ0v) is 11.0. The lowest BCUT2D eigenvalue weighted by Gasteiger charge is -2.05. The van der Waals surface area contributed by atoms with Crippen molar-refractivity contribution in [3.8, 4) is 17.0 Å². The quantitative estimate of drug-likeness (QED) is 0.885. The summed E-state index contributed by atoms with van der Waals surface area (Å²) in [5.74, 6) is 0.143. The van der Waals surface area contributed by atoms with Crippen LogP contribution in [0.25, 0.3) is 11.3 Å². The maximum Gasteiger partial charge on any atom is 0.387 e. The maximum absolute atomic E-state index is 12.2. The van der Waals surface area contributed by atoms with Crippen LogP contribution in [-0.2, 0) is 6.42 Å². The molecule has 0 aliphatic rings. The van der Waals surface area contributed by atoms with Gasteiger partial charge in [0.25, 0.3) is 0 Å². The third-order valence-electron chi connectivity index (χ3n) is 2.50. The van der Waals surface area contributed by atoms with Gasteiger partial charge in [-0.1, -0.05) is 12.1 Å². The molecule has 0 aliphatic carbocycles. The van der Waals surface area contributed by atoms with Crippen molar-refractivity contribution in [1.29, 1.82) is 0 Å². The highest BCUT2D eigenvalue weighted by Crippen LogP contribution is 2.26. The molecule has 1 heterocycles. The minimum absolute atomic E-state index is 0.143. The standard InChI is InChI=1S/C13H14F2N2OS/c14-13(15)18-10-4-1-3-9(7-10)11-8-19-12(17-11)5-2-6-16/h1,3-4,7-8,13H,2,5-6,16H2. The van der Waals surface area contributed by atoms with E-state index in [0.717, 1.165) is 29.1 Å². The molecule has 0 saturated carbocycles. The van der Waals surface area contributed by atoms with Gasteiger partial charge in [-0.15, -0.1) is 11.3 Å². The van der Waals surface area contributed by atoms with Gasteiger partial charge in [0.05, 0.1) is 10.7 Å². The molecule has 2 rings (SSSR count). The Morgan fingerprint density at radius 2 is 2.21 bits per heavy atom. The summed E-state index contributed by atoms with van der Waals surface area (Å²) >= 11 is 1.55. The van der Waals surface area contributed by atoms with Crippen molar-refractivity contribution in [3.63, 3.8) is 0 Å². The van der Waals surface area contributed by atoms with Gasteiger partial charge < -0.3 is 10.5 Å². The van der Waals surface area contributed by atoms with Gasteiger partial charge >= 0.3 is 6.61 Å². The van der Waals surface area contributed by atoms with Crippen molar-refractivity contribution in [2.45, 2.75) is 19.5 Å². The maximum atomic E-state index is 12.2. The fourth-order valence-corrected chi connectivity index (χ4v) is 2.49. The second-order valence-electron chi connectivity index (χ2n) is 3.93. The third kappa shape index (κ3) is 3.97. The predicted octanol–water partition coefficient (Wildman–Crippen LogP) is 3.30. The van der Waals surface area contributed by atoms with Gasteiger partial charge in [-0.3, -0.25) is 0 Å². The zero-order chi connectivity index (χ0) is 13.7. The fourth-order valence-electron chi connectivity index (χ4n) is 1.64. The van der Waals surface area contributed by atoms with Crippen molar-refractivity contribution < 1.29 is 13.5 Å². The molecule has 0 bridgehead atoms. The first-order chi connectivity index (χ1) is 9.19. The number of thiazole rings is 1. The zero-order valence-electron chi connectivity index (χ0n) is 10.2. The van der Waals surface area contributed by atoms with Crippen LogP contribution < -0.4 is 10.5 Å². The van der Waals surface area contributed by atoms with E-state index in [9.17, 15) is 8.78 Å². The lowest BCUT2D eigenvalue weighted by atomic mass is 10.1. The van der Waals surface area contributed by atoms with E-state index in [0.29, 0.717) is 6.54 Å². The Balaban J connectivity index is 2.14. The number of aromatic nitrogens is 1. The van der Waals surface area contributed by atoms with Crippen molar-refractivity contribution in [3.05, 3.63) is 34.7 Å². The van der Waals surface area contributed by atoms with Gasteiger partial charge in [0.15, 0.2) is 0 Å². The number of nitrogens with two attached hydrogens (primary N) is 1. The molecule has 0 fully saturated rings. The molecule has 2 N–H and O–H groups in total. The molecule has 102 valence electrons. The molecular weight excluding hydrogens is 270 g/mol. The second kappa shape index (κ2) is 6.58. The molecular formula is C13H14F2N2OS. The van der Waals surface area contributed by atoms with Crippen LogP contribution >= 0.6 is 11.3 Å². The monoisotopic (exact) mass is 284 g/mol. The molecule has 1 aromatic carbocycles. The van der Waals surface area contributed by atoms with Gasteiger partial charge in [-0.25, -0.2) is 4.98 Å². The summed E-state index contributed by atoms with van der Waals surface area (Å²) < 4.78 is 28.7. The number of halogens is 2. The summed E-state index contributed by atoms with van der Waals surface area (Å²) in [5, 5.41) is 2.91. The van der Waals surface area contributed by atoms with Gasteiger partial charge in [0, 0.05) is 17.4 Å². The van der Waals surface area contributed by atoms with Crippen molar-refractivity contribution in [2.24, 2.45) is 5.73 Å². The Bertz CT molecular complexity index is 531. The van der Waals surface area contributed by atoms with E-state index in [1.807, 2.05) is 11.4 Å². The highest BCUT2D eigenvalue weighted by atomic mass is 32.1. The van der Waals surface area contributed by atoms with Crippen LogP contribution in [0.5, 0.6) is 5.75 Å². The van der Waals surface area contributed by atoms with E-state index in [-0.39, 0.29) is 5.75 Å². The first kappa shape index (κ1) is 13.9. The van der Waals surface area contributed by atoms with Crippen LogP contribution in [-0.4, -0.2) is 18.1 Å². The summed E-state index contributed by atoms with van der Waals surface area (Å²) in [6, 6.07) is 6.55. The Morgan fingerprint density at radius 1 is 1.37 bits per heavy atom. The lowest BCUT2D eigenvalue weighted by Crippen LogP contribution is -2.01. The summed E-state index contributed by atoms with van der Waals surface area (Å²) in [4.78, 5) is 4.46. The number of ether oxygens (including phenoxy) is 1. The van der Waals surface area contributed by atoms with E-state index in [1.165, 1.54) is 6.07 Å². The highest BCUT2D eigenvalue weighted by Gasteiger charge is 2.08. The summed E-state index contributed by atoms with van der Waals surface area (Å²) in [7, 11) is 0. The predicted molar refractivity (Wildman–Crippen MR) is 71.6 cm³/mol. The number of rotatable bonds is 6.